The van der Waals surface area contributed by atoms with Crippen LogP contribution in [0.1, 0.15) is 19.4 Å². The fraction of sp³-hybridized carbons (Fsp3) is 0.300. The zero-order chi connectivity index (χ0) is 9.68. The Hall–Kier alpha value is -1.09. The van der Waals surface area contributed by atoms with E-state index in [4.69, 9.17) is 4.74 Å². The third-order valence-electron chi connectivity index (χ3n) is 1.60. The maximum absolute atomic E-state index is 11.1. The van der Waals surface area contributed by atoms with Crippen LogP contribution in [0.3, 0.4) is 0 Å². The Morgan fingerprint density at radius 3 is 3.00 bits per heavy atom. The second-order valence-corrected chi connectivity index (χ2v) is 3.37. The van der Waals surface area contributed by atoms with Crippen LogP contribution in [-0.2, 0) is 9.53 Å². The fourth-order valence-electron chi connectivity index (χ4n) is 0.933. The Balaban J connectivity index is 2.67. The largest absolute Gasteiger partial charge is 0.463 e. The van der Waals surface area contributed by atoms with Crippen molar-refractivity contribution in [3.05, 3.63) is 28.5 Å². The van der Waals surface area contributed by atoms with Crippen molar-refractivity contribution >= 4 is 22.9 Å². The number of carbonyl (C=O) groups excluding carboxylic acids is 1. The van der Waals surface area contributed by atoms with Crippen molar-refractivity contribution in [2.45, 2.75) is 13.8 Å². The summed E-state index contributed by atoms with van der Waals surface area (Å²) in [6.45, 7) is 4.12. The fourth-order valence-corrected chi connectivity index (χ4v) is 1.65. The van der Waals surface area contributed by atoms with Gasteiger partial charge in [0.1, 0.15) is 0 Å². The molecule has 0 radical (unpaired) electrons. The van der Waals surface area contributed by atoms with Crippen LogP contribution in [-0.4, -0.2) is 12.6 Å². The van der Waals surface area contributed by atoms with Gasteiger partial charge in [0, 0.05) is 6.08 Å². The van der Waals surface area contributed by atoms with E-state index in [9.17, 15) is 4.79 Å². The third-order valence-corrected chi connectivity index (χ3v) is 2.28. The molecule has 1 aromatic rings. The topological polar surface area (TPSA) is 26.3 Å². The van der Waals surface area contributed by atoms with Gasteiger partial charge in [0.25, 0.3) is 0 Å². The normalized spacial score (nSPS) is 11.4. The van der Waals surface area contributed by atoms with Gasteiger partial charge in [-0.25, -0.2) is 4.79 Å². The van der Waals surface area contributed by atoms with Gasteiger partial charge in [-0.05, 0) is 41.8 Å². The first-order valence-electron chi connectivity index (χ1n) is 4.11. The highest BCUT2D eigenvalue weighted by molar-refractivity contribution is 7.08. The predicted octanol–water partition coefficient (Wildman–Crippen LogP) is 2.71. The lowest BCUT2D eigenvalue weighted by Crippen LogP contribution is -1.99. The predicted molar refractivity (Wildman–Crippen MR) is 54.6 cm³/mol. The minimum atomic E-state index is -0.272. The summed E-state index contributed by atoms with van der Waals surface area (Å²) in [6.07, 6.45) is 1.52. The summed E-state index contributed by atoms with van der Waals surface area (Å²) >= 11 is 1.62. The molecule has 0 saturated heterocycles. The second-order valence-electron chi connectivity index (χ2n) is 2.59. The van der Waals surface area contributed by atoms with Crippen molar-refractivity contribution in [3.8, 4) is 0 Å². The lowest BCUT2D eigenvalue weighted by Gasteiger charge is -1.98. The molecule has 2 nitrogen and oxygen atoms in total. The van der Waals surface area contributed by atoms with Crippen molar-refractivity contribution in [1.29, 1.82) is 0 Å². The number of ether oxygens (including phenoxy) is 1. The molecule has 0 bridgehead atoms. The van der Waals surface area contributed by atoms with Gasteiger partial charge in [-0.1, -0.05) is 0 Å². The van der Waals surface area contributed by atoms with Crippen LogP contribution in [0.5, 0.6) is 0 Å². The van der Waals surface area contributed by atoms with Gasteiger partial charge in [-0.3, -0.25) is 0 Å². The molecule has 0 aromatic carbocycles. The molecule has 0 fully saturated rings. The molecule has 3 heteroatoms. The Bertz CT molecular complexity index is 299. The monoisotopic (exact) mass is 196 g/mol. The quantitative estimate of drug-likeness (QED) is 0.549. The summed E-state index contributed by atoms with van der Waals surface area (Å²) in [5, 5.41) is 3.99. The summed E-state index contributed by atoms with van der Waals surface area (Å²) in [5.41, 5.74) is 2.03. The molecule has 1 rings (SSSR count). The SMILES string of the molecule is CCOC(=O)/C=C(\C)c1ccsc1. The van der Waals surface area contributed by atoms with Crippen LogP contribution in [0, 0.1) is 0 Å². The number of hydrogen-bond acceptors (Lipinski definition) is 3. The van der Waals surface area contributed by atoms with E-state index >= 15 is 0 Å². The highest BCUT2D eigenvalue weighted by atomic mass is 32.1. The number of rotatable bonds is 3. The van der Waals surface area contributed by atoms with Crippen LogP contribution >= 0.6 is 11.3 Å². The van der Waals surface area contributed by atoms with Crippen molar-refractivity contribution < 1.29 is 9.53 Å². The third kappa shape index (κ3) is 3.03. The number of esters is 1. The van der Waals surface area contributed by atoms with Crippen LogP contribution in [0.4, 0.5) is 0 Å². The summed E-state index contributed by atoms with van der Waals surface area (Å²) < 4.78 is 4.80. The van der Waals surface area contributed by atoms with Crippen LogP contribution in [0.2, 0.25) is 0 Å². The molecule has 0 aliphatic carbocycles. The molecular formula is C10H12O2S. The first kappa shape index (κ1) is 9.99. The number of hydrogen-bond donors (Lipinski definition) is 0. The second kappa shape index (κ2) is 4.82. The molecule has 0 atom stereocenters. The maximum atomic E-state index is 11.1. The van der Waals surface area contributed by atoms with Gasteiger partial charge in [0.05, 0.1) is 6.61 Å². The molecule has 0 amide bonds. The highest BCUT2D eigenvalue weighted by Gasteiger charge is 2.00. The van der Waals surface area contributed by atoms with Crippen molar-refractivity contribution in [2.24, 2.45) is 0 Å². The van der Waals surface area contributed by atoms with Crippen LogP contribution in [0.25, 0.3) is 5.57 Å². The van der Waals surface area contributed by atoms with Gasteiger partial charge in [-0.2, -0.15) is 11.3 Å². The summed E-state index contributed by atoms with van der Waals surface area (Å²) in [4.78, 5) is 11.1. The van der Waals surface area contributed by atoms with E-state index in [2.05, 4.69) is 0 Å². The van der Waals surface area contributed by atoms with E-state index in [1.54, 1.807) is 18.3 Å². The lowest BCUT2D eigenvalue weighted by atomic mass is 10.1. The standard InChI is InChI=1S/C10H12O2S/c1-3-12-10(11)6-8(2)9-4-5-13-7-9/h4-7H,3H2,1-2H3/b8-6+. The molecule has 0 N–H and O–H groups in total. The van der Waals surface area contributed by atoms with E-state index < -0.39 is 0 Å². The molecule has 0 aliphatic rings. The maximum Gasteiger partial charge on any atom is 0.331 e. The Morgan fingerprint density at radius 2 is 2.46 bits per heavy atom. The minimum absolute atomic E-state index is 0.272. The molecule has 70 valence electrons. The summed E-state index contributed by atoms with van der Waals surface area (Å²) in [5.74, 6) is -0.272. The molecule has 1 heterocycles. The Morgan fingerprint density at radius 1 is 1.69 bits per heavy atom. The minimum Gasteiger partial charge on any atom is -0.463 e. The molecule has 0 spiro atoms. The first-order chi connectivity index (χ1) is 6.24. The van der Waals surface area contributed by atoms with Gasteiger partial charge < -0.3 is 4.74 Å². The van der Waals surface area contributed by atoms with Crippen molar-refractivity contribution in [1.82, 2.24) is 0 Å². The smallest absolute Gasteiger partial charge is 0.331 e. The van der Waals surface area contributed by atoms with E-state index in [0.29, 0.717) is 6.61 Å². The summed E-state index contributed by atoms with van der Waals surface area (Å²) in [6, 6.07) is 1.98. The molecule has 0 unspecified atom stereocenters. The summed E-state index contributed by atoms with van der Waals surface area (Å²) in [7, 11) is 0. The van der Waals surface area contributed by atoms with E-state index in [-0.39, 0.29) is 5.97 Å². The van der Waals surface area contributed by atoms with Crippen LogP contribution in [0.15, 0.2) is 22.9 Å². The lowest BCUT2D eigenvalue weighted by molar-refractivity contribution is -0.137. The number of allylic oxidation sites excluding steroid dienone is 1. The van der Waals surface area contributed by atoms with Gasteiger partial charge in [-0.15, -0.1) is 0 Å². The zero-order valence-corrected chi connectivity index (χ0v) is 8.56. The first-order valence-corrected chi connectivity index (χ1v) is 5.06. The van der Waals surface area contributed by atoms with E-state index in [1.165, 1.54) is 6.08 Å². The van der Waals surface area contributed by atoms with Gasteiger partial charge in [0.15, 0.2) is 0 Å². The van der Waals surface area contributed by atoms with Gasteiger partial charge in [0.2, 0.25) is 0 Å². The number of thiophene rings is 1. The van der Waals surface area contributed by atoms with Crippen molar-refractivity contribution in [3.63, 3.8) is 0 Å². The van der Waals surface area contributed by atoms with Crippen LogP contribution < -0.4 is 0 Å². The molecule has 1 aromatic heterocycles. The Kier molecular flexibility index (Phi) is 3.71. The zero-order valence-electron chi connectivity index (χ0n) is 7.74. The average Bonchev–Trinajstić information content (AvgIpc) is 2.55. The molecule has 13 heavy (non-hydrogen) atoms. The molecule has 0 saturated carbocycles. The van der Waals surface area contributed by atoms with Gasteiger partial charge >= 0.3 is 5.97 Å². The van der Waals surface area contributed by atoms with E-state index in [1.807, 2.05) is 23.8 Å². The number of carbonyl (C=O) groups is 1. The molecule has 0 aliphatic heterocycles. The molecular weight excluding hydrogens is 184 g/mol. The Labute approximate surface area is 81.8 Å². The average molecular weight is 196 g/mol. The van der Waals surface area contributed by atoms with E-state index in [0.717, 1.165) is 11.1 Å². The van der Waals surface area contributed by atoms with Crippen molar-refractivity contribution in [2.75, 3.05) is 6.61 Å². The highest BCUT2D eigenvalue weighted by Crippen LogP contribution is 2.16.